The van der Waals surface area contributed by atoms with Crippen molar-refractivity contribution in [2.75, 3.05) is 20.2 Å². The van der Waals surface area contributed by atoms with Crippen LogP contribution in [0, 0.1) is 17.7 Å². The lowest BCUT2D eigenvalue weighted by atomic mass is 10.0. The number of nitrogens with one attached hydrogen (secondary N) is 3. The topological polar surface area (TPSA) is 162 Å². The number of hydrogen-bond acceptors (Lipinski definition) is 8. The molecule has 4 aromatic rings. The van der Waals surface area contributed by atoms with Gasteiger partial charge in [-0.2, -0.15) is 0 Å². The van der Waals surface area contributed by atoms with Crippen molar-refractivity contribution in [2.24, 2.45) is 11.8 Å². The van der Waals surface area contributed by atoms with Gasteiger partial charge >= 0.3 is 6.09 Å². The molecule has 0 bridgehead atoms. The van der Waals surface area contributed by atoms with E-state index in [0.717, 1.165) is 25.7 Å². The van der Waals surface area contributed by atoms with E-state index < -0.39 is 18.0 Å². The molecule has 3 aromatic heterocycles. The number of carbonyl (C=O) groups excluding carboxylic acids is 3. The molecule has 0 saturated carbocycles. The van der Waals surface area contributed by atoms with Gasteiger partial charge in [-0.1, -0.05) is 33.8 Å². The highest BCUT2D eigenvalue weighted by Gasteiger charge is 2.37. The van der Waals surface area contributed by atoms with Crippen molar-refractivity contribution in [2.45, 2.75) is 77.9 Å². The smallest absolute Gasteiger partial charge is 0.407 e. The first-order valence-corrected chi connectivity index (χ1v) is 17.2. The maximum Gasteiger partial charge on any atom is 0.407 e. The van der Waals surface area contributed by atoms with Gasteiger partial charge in [-0.3, -0.25) is 9.59 Å². The van der Waals surface area contributed by atoms with E-state index in [1.807, 2.05) is 32.6 Å². The number of benzene rings is 1. The Morgan fingerprint density at radius 1 is 0.880 bits per heavy atom. The monoisotopic (exact) mass is 685 g/mol. The Morgan fingerprint density at radius 2 is 1.50 bits per heavy atom. The van der Waals surface area contributed by atoms with Gasteiger partial charge in [-0.25, -0.2) is 29.1 Å². The fourth-order valence-corrected chi connectivity index (χ4v) is 6.79. The normalized spacial score (nSPS) is 18.2. The Kier molecular flexibility index (Phi) is 10.3. The van der Waals surface area contributed by atoms with Crippen LogP contribution in [0.25, 0.3) is 33.9 Å². The van der Waals surface area contributed by atoms with Gasteiger partial charge in [-0.15, -0.1) is 0 Å². The fraction of sp³-hybridized carbons (Fsp3) is 0.472. The zero-order chi connectivity index (χ0) is 35.5. The van der Waals surface area contributed by atoms with Crippen molar-refractivity contribution >= 4 is 17.9 Å². The summed E-state index contributed by atoms with van der Waals surface area (Å²) in [7, 11) is 1.27. The van der Waals surface area contributed by atoms with Gasteiger partial charge < -0.3 is 29.8 Å². The van der Waals surface area contributed by atoms with Gasteiger partial charge in [0.25, 0.3) is 0 Å². The average Bonchev–Trinajstić information content (AvgIpc) is 3.93. The van der Waals surface area contributed by atoms with E-state index in [-0.39, 0.29) is 35.7 Å². The van der Waals surface area contributed by atoms with Gasteiger partial charge in [0, 0.05) is 48.6 Å². The third-order valence-corrected chi connectivity index (χ3v) is 9.39. The summed E-state index contributed by atoms with van der Waals surface area (Å²) in [5, 5.41) is 2.66. The average molecular weight is 686 g/mol. The van der Waals surface area contributed by atoms with E-state index in [1.54, 1.807) is 41.8 Å². The van der Waals surface area contributed by atoms with Crippen LogP contribution in [0.1, 0.15) is 83.5 Å². The van der Waals surface area contributed by atoms with Crippen molar-refractivity contribution in [1.82, 2.24) is 45.0 Å². The van der Waals surface area contributed by atoms with Crippen molar-refractivity contribution in [1.29, 1.82) is 0 Å². The van der Waals surface area contributed by atoms with Crippen molar-refractivity contribution in [3.63, 3.8) is 0 Å². The predicted octanol–water partition coefficient (Wildman–Crippen LogP) is 5.82. The van der Waals surface area contributed by atoms with Crippen LogP contribution in [0.15, 0.2) is 43.0 Å². The number of carbonyl (C=O) groups is 3. The van der Waals surface area contributed by atoms with Gasteiger partial charge in [0.2, 0.25) is 11.8 Å². The third-order valence-electron chi connectivity index (χ3n) is 9.39. The Labute approximate surface area is 290 Å². The molecule has 2 fully saturated rings. The van der Waals surface area contributed by atoms with Crippen LogP contribution < -0.4 is 5.32 Å². The minimum Gasteiger partial charge on any atom is -0.453 e. The molecule has 5 heterocycles. The lowest BCUT2D eigenvalue weighted by Crippen LogP contribution is -2.51. The van der Waals surface area contributed by atoms with E-state index >= 15 is 4.39 Å². The van der Waals surface area contributed by atoms with Crippen LogP contribution in [-0.2, 0) is 14.3 Å². The molecule has 2 saturated heterocycles. The number of hydrogen-bond donors (Lipinski definition) is 3. The molecule has 3 atom stereocenters. The van der Waals surface area contributed by atoms with E-state index in [2.05, 4.69) is 35.2 Å². The fourth-order valence-electron chi connectivity index (χ4n) is 6.79. The number of nitrogens with zero attached hydrogens (tertiary/aromatic N) is 6. The standard InChI is InChI=1S/C36H44FN9O4/c1-20(2)14-30(47)45-12-6-8-28(45)33-41-19-27(43-33)24-11-10-22(15-25(24)37)32-38-16-23(17-39-32)26-18-40-34(42-26)29-9-7-13-46(29)35(48)31(21(3)4)44-36(49)50-5/h10-11,15-21,28-29,31H,6-9,12-14H2,1-5H3,(H,40,42)(H,41,43)(H,44,49)/t28-,29?,31-/m0/s1. The van der Waals surface area contributed by atoms with Crippen LogP contribution in [0.5, 0.6) is 0 Å². The molecule has 0 radical (unpaired) electrons. The molecular formula is C36H44FN9O4. The zero-order valence-corrected chi connectivity index (χ0v) is 29.1. The number of imidazole rings is 2. The Hall–Kier alpha value is -5.14. The number of halogens is 1. The number of methoxy groups -OCH3 is 1. The Bertz CT molecular complexity index is 1840. The van der Waals surface area contributed by atoms with Crippen LogP contribution in [0.2, 0.25) is 0 Å². The summed E-state index contributed by atoms with van der Waals surface area (Å²) in [6, 6.07) is 3.72. The molecular weight excluding hydrogens is 641 g/mol. The summed E-state index contributed by atoms with van der Waals surface area (Å²) in [6.07, 6.45) is 9.70. The van der Waals surface area contributed by atoms with E-state index in [9.17, 15) is 14.4 Å². The van der Waals surface area contributed by atoms with Gasteiger partial charge in [0.1, 0.15) is 23.5 Å². The first kappa shape index (κ1) is 34.7. The summed E-state index contributed by atoms with van der Waals surface area (Å²) in [5.41, 5.74) is 2.80. The Balaban J connectivity index is 1.13. The molecule has 3 N–H and O–H groups in total. The predicted molar refractivity (Wildman–Crippen MR) is 184 cm³/mol. The first-order valence-electron chi connectivity index (χ1n) is 17.2. The van der Waals surface area contributed by atoms with Crippen LogP contribution in [-0.4, -0.2) is 83.9 Å². The molecule has 264 valence electrons. The van der Waals surface area contributed by atoms with E-state index in [1.165, 1.54) is 13.2 Å². The summed E-state index contributed by atoms with van der Waals surface area (Å²) in [6.45, 7) is 9.07. The van der Waals surface area contributed by atoms with Gasteiger partial charge in [-0.05, 0) is 49.7 Å². The highest BCUT2D eigenvalue weighted by Crippen LogP contribution is 2.35. The quantitative estimate of drug-likeness (QED) is 0.188. The van der Waals surface area contributed by atoms with Crippen molar-refractivity contribution in [3.8, 4) is 33.9 Å². The minimum absolute atomic E-state index is 0.119. The number of ether oxygens (including phenoxy) is 1. The lowest BCUT2D eigenvalue weighted by Gasteiger charge is -2.30. The molecule has 13 nitrogen and oxygen atoms in total. The van der Waals surface area contributed by atoms with Crippen molar-refractivity contribution in [3.05, 3.63) is 60.5 Å². The van der Waals surface area contributed by atoms with Crippen molar-refractivity contribution < 1.29 is 23.5 Å². The lowest BCUT2D eigenvalue weighted by molar-refractivity contribution is -0.135. The third kappa shape index (κ3) is 7.24. The molecule has 3 amide bonds. The van der Waals surface area contributed by atoms with Gasteiger partial charge in [0.05, 0.1) is 43.0 Å². The Morgan fingerprint density at radius 3 is 2.12 bits per heavy atom. The number of aromatic nitrogens is 6. The largest absolute Gasteiger partial charge is 0.453 e. The second-order valence-corrected chi connectivity index (χ2v) is 13.7. The summed E-state index contributed by atoms with van der Waals surface area (Å²) in [5.74, 6) is 1.30. The molecule has 2 aliphatic heterocycles. The molecule has 50 heavy (non-hydrogen) atoms. The molecule has 0 spiro atoms. The SMILES string of the molecule is COC(=O)N[C@H](C(=O)N1CCCC1c1ncc(-c2cnc(-c3ccc(-c4cnc([C@@H]5CCCN5C(=O)CC(C)C)[nH]4)c(F)c3)nc2)[nH]1)C(C)C. The highest BCUT2D eigenvalue weighted by molar-refractivity contribution is 5.86. The van der Waals surface area contributed by atoms with Crippen LogP contribution in [0.4, 0.5) is 9.18 Å². The molecule has 6 rings (SSSR count). The number of rotatable bonds is 10. The number of H-pyrrole nitrogens is 2. The molecule has 14 heteroatoms. The van der Waals surface area contributed by atoms with Crippen LogP contribution in [0.3, 0.4) is 0 Å². The van der Waals surface area contributed by atoms with Crippen LogP contribution >= 0.6 is 0 Å². The second kappa shape index (κ2) is 14.8. The minimum atomic E-state index is -0.719. The maximum absolute atomic E-state index is 15.5. The van der Waals surface area contributed by atoms with Gasteiger partial charge in [0.15, 0.2) is 5.82 Å². The second-order valence-electron chi connectivity index (χ2n) is 13.7. The molecule has 1 aromatic carbocycles. The number of aromatic amines is 2. The zero-order valence-electron chi connectivity index (χ0n) is 29.1. The van der Waals surface area contributed by atoms with E-state index in [0.29, 0.717) is 65.1 Å². The summed E-state index contributed by atoms with van der Waals surface area (Å²) < 4.78 is 20.2. The molecule has 0 aliphatic carbocycles. The van der Waals surface area contributed by atoms with E-state index in [4.69, 9.17) is 4.74 Å². The number of amides is 3. The highest BCUT2D eigenvalue weighted by atomic mass is 19.1. The summed E-state index contributed by atoms with van der Waals surface area (Å²) >= 11 is 0. The number of alkyl carbamates (subject to hydrolysis) is 1. The number of likely N-dealkylation sites (tertiary alicyclic amines) is 2. The maximum atomic E-state index is 15.5. The molecule has 1 unspecified atom stereocenters. The summed E-state index contributed by atoms with van der Waals surface area (Å²) in [4.78, 5) is 66.5. The molecule has 2 aliphatic rings. The first-order chi connectivity index (χ1) is 24.0.